The highest BCUT2D eigenvalue weighted by Gasteiger charge is 2.15. The number of nitrogens with one attached hydrogen (secondary N) is 1. The summed E-state index contributed by atoms with van der Waals surface area (Å²) in [6.07, 6.45) is 0.323. The molecule has 0 unspecified atom stereocenters. The van der Waals surface area contributed by atoms with Crippen molar-refractivity contribution < 1.29 is 12.8 Å². The van der Waals surface area contributed by atoms with E-state index >= 15 is 0 Å². The molecule has 0 amide bonds. The van der Waals surface area contributed by atoms with Crippen molar-refractivity contribution >= 4 is 10.0 Å². The average molecular weight is 357 g/mol. The van der Waals surface area contributed by atoms with E-state index in [-0.39, 0.29) is 11.4 Å². The first-order valence-corrected chi connectivity index (χ1v) is 9.39. The number of aromatic nitrogens is 2. The van der Waals surface area contributed by atoms with Gasteiger partial charge in [-0.1, -0.05) is 30.3 Å². The van der Waals surface area contributed by atoms with Gasteiger partial charge in [0, 0.05) is 18.5 Å². The largest absolute Gasteiger partial charge is 0.421 e. The molecule has 3 aromatic rings. The third-order valence-corrected chi connectivity index (χ3v) is 5.23. The molecule has 25 heavy (non-hydrogen) atoms. The van der Waals surface area contributed by atoms with Crippen LogP contribution in [0.3, 0.4) is 0 Å². The molecule has 3 rings (SSSR count). The van der Waals surface area contributed by atoms with Crippen LogP contribution in [0.5, 0.6) is 0 Å². The van der Waals surface area contributed by atoms with Crippen LogP contribution in [0.4, 0.5) is 0 Å². The standard InChI is InChI=1S/C18H19N3O3S/c1-13-6-5-8-15(12-13)25(22,23)19-11-10-17-20-21-18(24-17)16-9-4-3-7-14(16)2/h3-9,12,19H,10-11H2,1-2H3. The number of rotatable bonds is 6. The maximum Gasteiger partial charge on any atom is 0.247 e. The zero-order chi connectivity index (χ0) is 17.9. The third-order valence-electron chi connectivity index (χ3n) is 3.77. The van der Waals surface area contributed by atoms with Crippen LogP contribution in [0.2, 0.25) is 0 Å². The van der Waals surface area contributed by atoms with Crippen LogP contribution in [-0.2, 0) is 16.4 Å². The van der Waals surface area contributed by atoms with Gasteiger partial charge in [-0.15, -0.1) is 10.2 Å². The van der Waals surface area contributed by atoms with Crippen molar-refractivity contribution in [2.75, 3.05) is 6.54 Å². The van der Waals surface area contributed by atoms with Crippen molar-refractivity contribution in [2.45, 2.75) is 25.2 Å². The predicted molar refractivity (Wildman–Crippen MR) is 94.5 cm³/mol. The van der Waals surface area contributed by atoms with Crippen molar-refractivity contribution in [2.24, 2.45) is 0 Å². The Morgan fingerprint density at radius 1 is 1.04 bits per heavy atom. The quantitative estimate of drug-likeness (QED) is 0.733. The zero-order valence-electron chi connectivity index (χ0n) is 14.1. The minimum absolute atomic E-state index is 0.186. The molecule has 6 nitrogen and oxygen atoms in total. The fourth-order valence-electron chi connectivity index (χ4n) is 2.43. The van der Waals surface area contributed by atoms with E-state index in [2.05, 4.69) is 14.9 Å². The number of benzene rings is 2. The lowest BCUT2D eigenvalue weighted by Crippen LogP contribution is -2.26. The Hall–Kier alpha value is -2.51. The summed E-state index contributed by atoms with van der Waals surface area (Å²) in [5.41, 5.74) is 2.81. The fourth-order valence-corrected chi connectivity index (χ4v) is 3.57. The molecule has 1 heterocycles. The molecule has 0 aliphatic heterocycles. The second-order valence-electron chi connectivity index (χ2n) is 5.78. The number of sulfonamides is 1. The SMILES string of the molecule is Cc1cccc(S(=O)(=O)NCCc2nnc(-c3ccccc3C)o2)c1. The van der Waals surface area contributed by atoms with E-state index in [1.165, 1.54) is 0 Å². The van der Waals surface area contributed by atoms with Gasteiger partial charge in [-0.25, -0.2) is 13.1 Å². The van der Waals surface area contributed by atoms with Gasteiger partial charge in [0.2, 0.25) is 21.8 Å². The molecule has 0 aliphatic rings. The maximum absolute atomic E-state index is 12.3. The van der Waals surface area contributed by atoms with Crippen LogP contribution < -0.4 is 4.72 Å². The molecule has 2 aromatic carbocycles. The Morgan fingerprint density at radius 2 is 1.84 bits per heavy atom. The first kappa shape index (κ1) is 17.3. The molecule has 0 bridgehead atoms. The lowest BCUT2D eigenvalue weighted by Gasteiger charge is -2.06. The van der Waals surface area contributed by atoms with E-state index in [1.807, 2.05) is 44.2 Å². The summed E-state index contributed by atoms with van der Waals surface area (Å²) in [5, 5.41) is 8.03. The first-order valence-electron chi connectivity index (χ1n) is 7.90. The summed E-state index contributed by atoms with van der Waals surface area (Å²) in [4.78, 5) is 0.249. The summed E-state index contributed by atoms with van der Waals surface area (Å²) in [5.74, 6) is 0.833. The minimum Gasteiger partial charge on any atom is -0.421 e. The molecular weight excluding hydrogens is 338 g/mol. The number of aryl methyl sites for hydroxylation is 2. The number of hydrogen-bond donors (Lipinski definition) is 1. The number of hydrogen-bond acceptors (Lipinski definition) is 5. The summed E-state index contributed by atoms with van der Waals surface area (Å²) in [6.45, 7) is 4.01. The van der Waals surface area contributed by atoms with Gasteiger partial charge < -0.3 is 4.42 Å². The van der Waals surface area contributed by atoms with Crippen LogP contribution in [0, 0.1) is 13.8 Å². The Labute approximate surface area is 147 Å². The van der Waals surface area contributed by atoms with Crippen LogP contribution in [-0.4, -0.2) is 25.2 Å². The molecule has 0 saturated heterocycles. The van der Waals surface area contributed by atoms with Gasteiger partial charge in [-0.2, -0.15) is 0 Å². The molecule has 0 spiro atoms. The number of nitrogens with zero attached hydrogens (tertiary/aromatic N) is 2. The smallest absolute Gasteiger partial charge is 0.247 e. The van der Waals surface area contributed by atoms with E-state index in [1.54, 1.807) is 18.2 Å². The Kier molecular flexibility index (Phi) is 4.96. The topological polar surface area (TPSA) is 85.1 Å². The van der Waals surface area contributed by atoms with Gasteiger partial charge in [0.25, 0.3) is 0 Å². The molecule has 1 aromatic heterocycles. The van der Waals surface area contributed by atoms with E-state index in [9.17, 15) is 8.42 Å². The normalized spacial score (nSPS) is 11.6. The Bertz CT molecular complexity index is 980. The van der Waals surface area contributed by atoms with Gasteiger partial charge in [0.05, 0.1) is 4.90 Å². The van der Waals surface area contributed by atoms with Gasteiger partial charge >= 0.3 is 0 Å². The monoisotopic (exact) mass is 357 g/mol. The van der Waals surface area contributed by atoms with E-state index in [4.69, 9.17) is 4.42 Å². The summed E-state index contributed by atoms with van der Waals surface area (Å²) in [6, 6.07) is 14.5. The molecule has 1 N–H and O–H groups in total. The van der Waals surface area contributed by atoms with Crippen molar-refractivity contribution in [1.82, 2.24) is 14.9 Å². The molecule has 0 atom stereocenters. The third kappa shape index (κ3) is 4.12. The van der Waals surface area contributed by atoms with E-state index in [0.29, 0.717) is 18.2 Å². The van der Waals surface area contributed by atoms with Crippen molar-refractivity contribution in [1.29, 1.82) is 0 Å². The maximum atomic E-state index is 12.3. The Balaban J connectivity index is 1.64. The molecule has 0 saturated carbocycles. The van der Waals surface area contributed by atoms with Crippen LogP contribution in [0.1, 0.15) is 17.0 Å². The van der Waals surface area contributed by atoms with Gasteiger partial charge in [0.15, 0.2) is 0 Å². The van der Waals surface area contributed by atoms with Crippen LogP contribution in [0.15, 0.2) is 57.8 Å². The first-order chi connectivity index (χ1) is 12.0. The van der Waals surface area contributed by atoms with Gasteiger partial charge in [-0.05, 0) is 43.2 Å². The Morgan fingerprint density at radius 3 is 2.60 bits per heavy atom. The fraction of sp³-hybridized carbons (Fsp3) is 0.222. The lowest BCUT2D eigenvalue weighted by atomic mass is 10.1. The lowest BCUT2D eigenvalue weighted by molar-refractivity contribution is 0.501. The van der Waals surface area contributed by atoms with Crippen molar-refractivity contribution in [3.63, 3.8) is 0 Å². The van der Waals surface area contributed by atoms with Crippen molar-refractivity contribution in [3.05, 3.63) is 65.5 Å². The zero-order valence-corrected chi connectivity index (χ0v) is 14.9. The summed E-state index contributed by atoms with van der Waals surface area (Å²) >= 11 is 0. The highest BCUT2D eigenvalue weighted by molar-refractivity contribution is 7.89. The second-order valence-corrected chi connectivity index (χ2v) is 7.55. The molecule has 0 fully saturated rings. The summed E-state index contributed by atoms with van der Waals surface area (Å²) in [7, 11) is -3.54. The van der Waals surface area contributed by atoms with Gasteiger partial charge in [0.1, 0.15) is 0 Å². The predicted octanol–water partition coefficient (Wildman–Crippen LogP) is 2.87. The molecule has 7 heteroatoms. The van der Waals surface area contributed by atoms with Crippen LogP contribution >= 0.6 is 0 Å². The highest BCUT2D eigenvalue weighted by Crippen LogP contribution is 2.21. The average Bonchev–Trinajstić information content (AvgIpc) is 3.04. The second kappa shape index (κ2) is 7.16. The van der Waals surface area contributed by atoms with E-state index < -0.39 is 10.0 Å². The van der Waals surface area contributed by atoms with Gasteiger partial charge in [-0.3, -0.25) is 0 Å². The van der Waals surface area contributed by atoms with Crippen molar-refractivity contribution in [3.8, 4) is 11.5 Å². The van der Waals surface area contributed by atoms with E-state index in [0.717, 1.165) is 16.7 Å². The van der Waals surface area contributed by atoms with Crippen LogP contribution in [0.25, 0.3) is 11.5 Å². The minimum atomic E-state index is -3.54. The molecule has 0 radical (unpaired) electrons. The summed E-state index contributed by atoms with van der Waals surface area (Å²) < 4.78 is 32.7. The molecular formula is C18H19N3O3S. The molecule has 0 aliphatic carbocycles. The highest BCUT2D eigenvalue weighted by atomic mass is 32.2. The molecule has 130 valence electrons.